The highest BCUT2D eigenvalue weighted by molar-refractivity contribution is 5.89. The number of nitrogens with zero attached hydrogens (tertiary/aromatic N) is 1. The van der Waals surface area contributed by atoms with Gasteiger partial charge in [0.15, 0.2) is 0 Å². The Morgan fingerprint density at radius 3 is 2.36 bits per heavy atom. The van der Waals surface area contributed by atoms with E-state index < -0.39 is 12.1 Å². The van der Waals surface area contributed by atoms with Crippen LogP contribution in [0.2, 0.25) is 0 Å². The molecule has 22 heavy (non-hydrogen) atoms. The summed E-state index contributed by atoms with van der Waals surface area (Å²) >= 11 is 0. The van der Waals surface area contributed by atoms with E-state index in [0.717, 1.165) is 12.8 Å². The van der Waals surface area contributed by atoms with Crippen molar-refractivity contribution in [1.82, 2.24) is 10.2 Å². The largest absolute Gasteiger partial charge is 0.381 e. The maximum Gasteiger partial charge on any atom is 0.245 e. The molecule has 2 heterocycles. The molecule has 0 aliphatic carbocycles. The Morgan fingerprint density at radius 2 is 1.77 bits per heavy atom. The van der Waals surface area contributed by atoms with Crippen LogP contribution in [0.5, 0.6) is 0 Å². The maximum atomic E-state index is 12.5. The van der Waals surface area contributed by atoms with E-state index in [1.165, 1.54) is 0 Å². The fraction of sp³-hybridized carbons (Fsp3) is 0.867. The molecular formula is C15H27N3O4. The molecule has 0 aromatic heterocycles. The second-order valence-corrected chi connectivity index (χ2v) is 5.88. The van der Waals surface area contributed by atoms with Crippen molar-refractivity contribution >= 4 is 11.8 Å². The molecule has 2 unspecified atom stereocenters. The van der Waals surface area contributed by atoms with E-state index in [9.17, 15) is 9.59 Å². The lowest BCUT2D eigenvalue weighted by Gasteiger charge is -2.32. The summed E-state index contributed by atoms with van der Waals surface area (Å²) in [5.74, 6) is -0.150. The van der Waals surface area contributed by atoms with Gasteiger partial charge in [-0.05, 0) is 25.2 Å². The fourth-order valence-corrected chi connectivity index (χ4v) is 2.90. The predicted molar refractivity (Wildman–Crippen MR) is 81.1 cm³/mol. The van der Waals surface area contributed by atoms with Crippen LogP contribution in [-0.2, 0) is 19.1 Å². The zero-order valence-electron chi connectivity index (χ0n) is 13.3. The van der Waals surface area contributed by atoms with Gasteiger partial charge in [-0.15, -0.1) is 0 Å². The molecule has 0 aromatic rings. The second kappa shape index (κ2) is 8.45. The molecule has 7 heteroatoms. The molecule has 7 nitrogen and oxygen atoms in total. The summed E-state index contributed by atoms with van der Waals surface area (Å²) < 4.78 is 10.5. The van der Waals surface area contributed by atoms with E-state index in [2.05, 4.69) is 5.32 Å². The molecule has 0 aromatic carbocycles. The minimum Gasteiger partial charge on any atom is -0.381 e. The number of carbonyl (C=O) groups is 2. The second-order valence-electron chi connectivity index (χ2n) is 5.88. The van der Waals surface area contributed by atoms with Crippen LogP contribution < -0.4 is 11.1 Å². The van der Waals surface area contributed by atoms with Crippen molar-refractivity contribution in [3.05, 3.63) is 0 Å². The van der Waals surface area contributed by atoms with E-state index in [1.807, 2.05) is 6.92 Å². The molecule has 2 fully saturated rings. The summed E-state index contributed by atoms with van der Waals surface area (Å²) in [6, 6.07) is -1.08. The summed E-state index contributed by atoms with van der Waals surface area (Å²) in [6.07, 6.45) is 2.15. The molecule has 126 valence electrons. The summed E-state index contributed by atoms with van der Waals surface area (Å²) in [5.41, 5.74) is 6.06. The van der Waals surface area contributed by atoms with Crippen LogP contribution in [0.1, 0.15) is 26.2 Å². The first kappa shape index (κ1) is 17.2. The van der Waals surface area contributed by atoms with Crippen molar-refractivity contribution in [3.8, 4) is 0 Å². The van der Waals surface area contributed by atoms with Crippen molar-refractivity contribution in [2.24, 2.45) is 11.7 Å². The summed E-state index contributed by atoms with van der Waals surface area (Å²) in [4.78, 5) is 26.5. The lowest BCUT2D eigenvalue weighted by atomic mass is 9.91. The topological polar surface area (TPSA) is 93.9 Å². The number of nitrogens with two attached hydrogens (primary N) is 1. The van der Waals surface area contributed by atoms with Crippen LogP contribution in [0, 0.1) is 5.92 Å². The molecule has 2 rings (SSSR count). The summed E-state index contributed by atoms with van der Waals surface area (Å²) in [7, 11) is 0. The van der Waals surface area contributed by atoms with E-state index >= 15 is 0 Å². The molecule has 3 N–H and O–H groups in total. The molecular weight excluding hydrogens is 286 g/mol. The third-order valence-corrected chi connectivity index (χ3v) is 4.42. The molecule has 0 saturated carbocycles. The van der Waals surface area contributed by atoms with Gasteiger partial charge in [-0.2, -0.15) is 0 Å². The molecule has 2 atom stereocenters. The Kier molecular flexibility index (Phi) is 6.60. The number of rotatable bonds is 5. The lowest BCUT2D eigenvalue weighted by molar-refractivity contribution is -0.140. The van der Waals surface area contributed by atoms with Crippen LogP contribution in [-0.4, -0.2) is 68.3 Å². The van der Waals surface area contributed by atoms with Gasteiger partial charge in [-0.3, -0.25) is 9.59 Å². The number of amides is 2. The van der Waals surface area contributed by atoms with Crippen molar-refractivity contribution < 1.29 is 19.1 Å². The number of hydrogen-bond acceptors (Lipinski definition) is 5. The van der Waals surface area contributed by atoms with Crippen LogP contribution in [0.25, 0.3) is 0 Å². The Hall–Kier alpha value is -1.18. The third kappa shape index (κ3) is 4.41. The van der Waals surface area contributed by atoms with Gasteiger partial charge in [0.25, 0.3) is 0 Å². The Labute approximate surface area is 131 Å². The number of nitrogens with one attached hydrogen (secondary N) is 1. The highest BCUT2D eigenvalue weighted by Crippen LogP contribution is 2.18. The van der Waals surface area contributed by atoms with Crippen LogP contribution in [0.15, 0.2) is 0 Å². The van der Waals surface area contributed by atoms with Crippen molar-refractivity contribution in [3.63, 3.8) is 0 Å². The molecule has 2 aliphatic rings. The Morgan fingerprint density at radius 1 is 1.18 bits per heavy atom. The number of carbonyl (C=O) groups excluding carboxylic acids is 2. The lowest BCUT2D eigenvalue weighted by Crippen LogP contribution is -2.55. The van der Waals surface area contributed by atoms with E-state index in [4.69, 9.17) is 15.2 Å². The number of hydrogen-bond donors (Lipinski definition) is 2. The molecule has 2 aliphatic heterocycles. The third-order valence-electron chi connectivity index (χ3n) is 4.42. The van der Waals surface area contributed by atoms with Crippen LogP contribution in [0.3, 0.4) is 0 Å². The van der Waals surface area contributed by atoms with Crippen molar-refractivity contribution in [2.45, 2.75) is 38.3 Å². The van der Waals surface area contributed by atoms with Crippen LogP contribution in [0.4, 0.5) is 0 Å². The quantitative estimate of drug-likeness (QED) is 0.713. The van der Waals surface area contributed by atoms with Gasteiger partial charge in [0, 0.05) is 26.3 Å². The van der Waals surface area contributed by atoms with Gasteiger partial charge >= 0.3 is 0 Å². The average molecular weight is 313 g/mol. The Balaban J connectivity index is 1.87. The smallest absolute Gasteiger partial charge is 0.245 e. The Bertz CT molecular complexity index is 379. The van der Waals surface area contributed by atoms with E-state index in [-0.39, 0.29) is 17.7 Å². The first-order chi connectivity index (χ1) is 10.6. The van der Waals surface area contributed by atoms with Gasteiger partial charge in [-0.1, -0.05) is 6.92 Å². The summed E-state index contributed by atoms with van der Waals surface area (Å²) in [6.45, 7) is 5.46. The molecule has 2 saturated heterocycles. The highest BCUT2D eigenvalue weighted by Gasteiger charge is 2.31. The number of morpholine rings is 1. The SMILES string of the molecule is CCC(NC(=O)C(N)C1CCOCC1)C(=O)N1CCOCC1. The monoisotopic (exact) mass is 313 g/mol. The van der Waals surface area contributed by atoms with Crippen LogP contribution >= 0.6 is 0 Å². The fourth-order valence-electron chi connectivity index (χ4n) is 2.90. The molecule has 0 radical (unpaired) electrons. The van der Waals surface area contributed by atoms with Gasteiger partial charge in [0.05, 0.1) is 19.3 Å². The zero-order valence-corrected chi connectivity index (χ0v) is 13.3. The van der Waals surface area contributed by atoms with E-state index in [0.29, 0.717) is 45.9 Å². The average Bonchev–Trinajstić information content (AvgIpc) is 2.59. The molecule has 0 bridgehead atoms. The number of ether oxygens (including phenoxy) is 2. The van der Waals surface area contributed by atoms with E-state index in [1.54, 1.807) is 4.90 Å². The minimum atomic E-state index is -0.574. The summed E-state index contributed by atoms with van der Waals surface area (Å²) in [5, 5.41) is 2.82. The first-order valence-corrected chi connectivity index (χ1v) is 8.13. The van der Waals surface area contributed by atoms with Crippen molar-refractivity contribution in [1.29, 1.82) is 0 Å². The zero-order chi connectivity index (χ0) is 15.9. The van der Waals surface area contributed by atoms with Gasteiger partial charge in [-0.25, -0.2) is 0 Å². The molecule has 0 spiro atoms. The van der Waals surface area contributed by atoms with Gasteiger partial charge < -0.3 is 25.4 Å². The minimum absolute atomic E-state index is 0.0432. The molecule has 2 amide bonds. The normalized spacial score (nSPS) is 22.9. The maximum absolute atomic E-state index is 12.5. The first-order valence-electron chi connectivity index (χ1n) is 8.13. The predicted octanol–water partition coefficient (Wildman–Crippen LogP) is -0.506. The highest BCUT2D eigenvalue weighted by atomic mass is 16.5. The van der Waals surface area contributed by atoms with Gasteiger partial charge in [0.2, 0.25) is 11.8 Å². The van der Waals surface area contributed by atoms with Gasteiger partial charge in [0.1, 0.15) is 6.04 Å². The standard InChI is InChI=1S/C15H27N3O4/c1-2-12(15(20)18-5-9-22-10-6-18)17-14(19)13(16)11-3-7-21-8-4-11/h11-13H,2-10,16H2,1H3,(H,17,19). The van der Waals surface area contributed by atoms with Crippen molar-refractivity contribution in [2.75, 3.05) is 39.5 Å².